The van der Waals surface area contributed by atoms with E-state index in [1.165, 1.54) is 13.8 Å². The predicted molar refractivity (Wildman–Crippen MR) is 205 cm³/mol. The molecule has 1 aliphatic heterocycles. The number of aromatic nitrogens is 4. The van der Waals surface area contributed by atoms with Gasteiger partial charge in [0, 0.05) is 37.1 Å². The van der Waals surface area contributed by atoms with Crippen molar-refractivity contribution in [2.45, 2.75) is 96.9 Å². The van der Waals surface area contributed by atoms with Gasteiger partial charge in [-0.2, -0.15) is 0 Å². The average molecular weight is 930 g/mol. The van der Waals surface area contributed by atoms with Crippen LogP contribution in [0, 0.1) is 11.3 Å². The predicted octanol–water partition coefficient (Wildman–Crippen LogP) is -0.701. The second-order valence-corrected chi connectivity index (χ2v) is 19.7. The van der Waals surface area contributed by atoms with Crippen molar-refractivity contribution in [2.75, 3.05) is 37.8 Å². The quantitative estimate of drug-likeness (QED) is 0.0442. The number of nitrogens with zero attached hydrogens (tertiary/aromatic N) is 4. The summed E-state index contributed by atoms with van der Waals surface area (Å²) < 4.78 is 60.6. The van der Waals surface area contributed by atoms with Crippen molar-refractivity contribution < 1.29 is 80.5 Å². The largest absolute Gasteiger partial charge is 0.790 e. The SMILES string of the molecule is CC(C)/C=C/CCCCCC(=O)SCCNC(=O)CCNC(=O)[C@H](O)C(C)(C)COP(=O)([O-])OP(=O)([O-])OC[C@H]1O[C@@H](n2cnc3c(N)ncnc32)[C@H](O)[C@@H]1OP(=O)([O-])[O-]. The molecule has 0 aromatic carbocycles. The van der Waals surface area contributed by atoms with Gasteiger partial charge in [-0.1, -0.05) is 58.0 Å². The summed E-state index contributed by atoms with van der Waals surface area (Å²) in [5.74, 6) is -0.651. The molecule has 0 aliphatic carbocycles. The lowest BCUT2D eigenvalue weighted by molar-refractivity contribution is -0.347. The molecule has 0 radical (unpaired) electrons. The normalized spacial score (nSPS) is 21.2. The highest BCUT2D eigenvalue weighted by Crippen LogP contribution is 2.56. The number of rotatable bonds is 26. The third-order valence-corrected chi connectivity index (χ3v) is 12.5. The number of hydrogen-bond donors (Lipinski definition) is 5. The summed E-state index contributed by atoms with van der Waals surface area (Å²) in [7, 11) is -17.6. The molecule has 1 fully saturated rings. The molecule has 24 nitrogen and oxygen atoms in total. The van der Waals surface area contributed by atoms with Gasteiger partial charge in [0.15, 0.2) is 22.8 Å². The fraction of sp³-hybridized carbons (Fsp3) is 0.688. The van der Waals surface area contributed by atoms with Crippen molar-refractivity contribution in [3.8, 4) is 0 Å². The third kappa shape index (κ3) is 17.2. The van der Waals surface area contributed by atoms with Crippen LogP contribution in [-0.2, 0) is 50.7 Å². The zero-order valence-electron chi connectivity index (χ0n) is 33.2. The van der Waals surface area contributed by atoms with Crippen LogP contribution in [-0.4, -0.2) is 103 Å². The van der Waals surface area contributed by atoms with Crippen LogP contribution in [0.25, 0.3) is 11.2 Å². The van der Waals surface area contributed by atoms with Crippen molar-refractivity contribution in [3.63, 3.8) is 0 Å². The monoisotopic (exact) mass is 929 g/mol. The number of nitrogens with one attached hydrogen (secondary N) is 2. The van der Waals surface area contributed by atoms with Crippen molar-refractivity contribution in [3.05, 3.63) is 24.8 Å². The molecule has 1 aliphatic rings. The molecule has 2 amide bonds. The minimum absolute atomic E-state index is 0.0202. The lowest BCUT2D eigenvalue weighted by Gasteiger charge is -2.36. The minimum Gasteiger partial charge on any atom is -0.790 e. The number of nitrogens with two attached hydrogens (primary N) is 1. The van der Waals surface area contributed by atoms with Crippen LogP contribution in [0.2, 0.25) is 0 Å². The summed E-state index contributed by atoms with van der Waals surface area (Å²) >= 11 is 1.12. The third-order valence-electron chi connectivity index (χ3n) is 8.51. The van der Waals surface area contributed by atoms with Crippen LogP contribution in [0.15, 0.2) is 24.8 Å². The van der Waals surface area contributed by atoms with Gasteiger partial charge >= 0.3 is 0 Å². The smallest absolute Gasteiger partial charge is 0.274 e. The summed E-state index contributed by atoms with van der Waals surface area (Å²) in [6, 6.07) is 0. The van der Waals surface area contributed by atoms with Gasteiger partial charge in [0.2, 0.25) is 11.8 Å². The molecule has 3 rings (SSSR count). The van der Waals surface area contributed by atoms with E-state index in [-0.39, 0.29) is 41.6 Å². The number of aliphatic hydroxyl groups is 2. The van der Waals surface area contributed by atoms with E-state index in [1.54, 1.807) is 0 Å². The Kier molecular flexibility index (Phi) is 19.9. The zero-order chi connectivity index (χ0) is 44.9. The first kappa shape index (κ1) is 51.6. The van der Waals surface area contributed by atoms with Gasteiger partial charge < -0.3 is 69.0 Å². The molecular weight excluding hydrogens is 879 g/mol. The summed E-state index contributed by atoms with van der Waals surface area (Å²) in [5.41, 5.74) is 4.08. The number of fused-ring (bicyclic) bond motifs is 1. The summed E-state index contributed by atoms with van der Waals surface area (Å²) in [4.78, 5) is 96.3. The van der Waals surface area contributed by atoms with Crippen LogP contribution in [0.3, 0.4) is 0 Å². The number of nitrogen functional groups attached to an aromatic ring is 1. The van der Waals surface area contributed by atoms with Crippen molar-refractivity contribution in [1.82, 2.24) is 30.2 Å². The molecule has 0 spiro atoms. The standard InChI is InChI=1S/C32H54N7O17P3S/c1-20(2)10-8-6-5-7-9-11-23(41)60-15-14-34-22(40)12-13-35-30(44)27(43)32(3,4)17-53-59(50,51)56-58(48,49)52-16-21-26(55-57(45,46)47)25(42)31(54-21)39-19-38-24-28(33)36-18-37-29(24)39/h8,10,18-21,25-27,31,42-43H,5-7,9,11-17H2,1-4H3,(H,34,40)(H,35,44)(H,48,49)(H,50,51)(H2,33,36,37)(H2,45,46,47)/p-4/b10-8+/t21-,25-,26-,27+,31-/m1/s1. The number of phosphoric ester groups is 3. The fourth-order valence-electron chi connectivity index (χ4n) is 5.42. The van der Waals surface area contributed by atoms with Crippen molar-refractivity contribution in [2.24, 2.45) is 11.3 Å². The molecular formula is C32H50N7O17P3S-4. The van der Waals surface area contributed by atoms with E-state index in [2.05, 4.69) is 69.5 Å². The molecule has 340 valence electrons. The summed E-state index contributed by atoms with van der Waals surface area (Å²) in [5, 5.41) is 26.3. The maximum Gasteiger partial charge on any atom is 0.274 e. The molecule has 2 aromatic rings. The number of anilines is 1. The number of hydrogen-bond acceptors (Lipinski definition) is 22. The molecule has 0 bridgehead atoms. The van der Waals surface area contributed by atoms with E-state index in [0.29, 0.717) is 18.1 Å². The van der Waals surface area contributed by atoms with Crippen LogP contribution >= 0.6 is 35.2 Å². The van der Waals surface area contributed by atoms with E-state index in [1.807, 2.05) is 0 Å². The van der Waals surface area contributed by atoms with Crippen LogP contribution in [0.4, 0.5) is 5.82 Å². The minimum atomic E-state index is -5.91. The number of allylic oxidation sites excluding steroid dienone is 2. The number of carbonyl (C=O) groups excluding carboxylic acids is 3. The van der Waals surface area contributed by atoms with E-state index < -0.39 is 84.6 Å². The summed E-state index contributed by atoms with van der Waals surface area (Å²) in [6.07, 6.45) is 0.890. The Hall–Kier alpha value is -2.70. The number of amides is 2. The van der Waals surface area contributed by atoms with Crippen LogP contribution in [0.5, 0.6) is 0 Å². The first-order valence-corrected chi connectivity index (χ1v) is 23.9. The lowest BCUT2D eigenvalue weighted by atomic mass is 9.87. The molecule has 7 atom stereocenters. The van der Waals surface area contributed by atoms with Crippen LogP contribution in [0.1, 0.15) is 72.4 Å². The van der Waals surface area contributed by atoms with Crippen LogP contribution < -0.4 is 35.9 Å². The molecule has 2 unspecified atom stereocenters. The Morgan fingerprint density at radius 3 is 2.42 bits per heavy atom. The van der Waals surface area contributed by atoms with E-state index in [9.17, 15) is 57.9 Å². The maximum atomic E-state index is 12.6. The number of ether oxygens (including phenoxy) is 1. The molecule has 2 aromatic heterocycles. The van der Waals surface area contributed by atoms with Crippen molar-refractivity contribution in [1.29, 1.82) is 0 Å². The number of phosphoric acid groups is 3. The molecule has 1 saturated heterocycles. The molecule has 3 heterocycles. The van der Waals surface area contributed by atoms with E-state index >= 15 is 0 Å². The van der Waals surface area contributed by atoms with Gasteiger partial charge in [0.1, 0.15) is 36.3 Å². The first-order valence-electron chi connectivity index (χ1n) is 18.6. The Morgan fingerprint density at radius 1 is 1.03 bits per heavy atom. The second-order valence-electron chi connectivity index (χ2n) is 14.5. The number of unbranched alkanes of at least 4 members (excludes halogenated alkanes) is 3. The van der Waals surface area contributed by atoms with Gasteiger partial charge in [0.05, 0.1) is 27.4 Å². The van der Waals surface area contributed by atoms with Gasteiger partial charge in [0.25, 0.3) is 15.6 Å². The Labute approximate surface area is 349 Å². The molecule has 28 heteroatoms. The van der Waals surface area contributed by atoms with Gasteiger partial charge in [-0.25, -0.2) is 19.3 Å². The van der Waals surface area contributed by atoms with Crippen molar-refractivity contribution >= 4 is 69.1 Å². The molecule has 60 heavy (non-hydrogen) atoms. The summed E-state index contributed by atoms with van der Waals surface area (Å²) in [6.45, 7) is 4.36. The van der Waals surface area contributed by atoms with E-state index in [4.69, 9.17) is 10.5 Å². The number of imidazole rings is 1. The highest BCUT2D eigenvalue weighted by Gasteiger charge is 2.47. The molecule has 6 N–H and O–H groups in total. The average Bonchev–Trinajstić information content (AvgIpc) is 3.70. The van der Waals surface area contributed by atoms with Gasteiger partial charge in [-0.15, -0.1) is 0 Å². The highest BCUT2D eigenvalue weighted by molar-refractivity contribution is 8.13. The fourth-order valence-corrected chi connectivity index (χ4v) is 8.88. The number of aliphatic hydroxyl groups excluding tert-OH is 2. The van der Waals surface area contributed by atoms with Gasteiger partial charge in [-0.05, 0) is 25.2 Å². The topological polar surface area (TPSA) is 375 Å². The number of carbonyl (C=O) groups is 3. The highest BCUT2D eigenvalue weighted by atomic mass is 32.2. The Bertz CT molecular complexity index is 1930. The number of thioether (sulfide) groups is 1. The zero-order valence-corrected chi connectivity index (χ0v) is 36.7. The van der Waals surface area contributed by atoms with Gasteiger partial charge in [-0.3, -0.25) is 28.1 Å². The lowest BCUT2D eigenvalue weighted by Crippen LogP contribution is -2.46. The Morgan fingerprint density at radius 2 is 1.73 bits per heavy atom. The Balaban J connectivity index is 1.41. The molecule has 0 saturated carbocycles. The maximum absolute atomic E-state index is 12.6. The van der Waals surface area contributed by atoms with E-state index in [0.717, 1.165) is 54.7 Å². The second kappa shape index (κ2) is 23.1. The first-order chi connectivity index (χ1) is 27.9.